The summed E-state index contributed by atoms with van der Waals surface area (Å²) in [7, 11) is 0. The van der Waals surface area contributed by atoms with Gasteiger partial charge in [0.25, 0.3) is 0 Å². The lowest BCUT2D eigenvalue weighted by Gasteiger charge is -2.34. The van der Waals surface area contributed by atoms with Crippen LogP contribution in [0.15, 0.2) is 0 Å². The fourth-order valence-corrected chi connectivity index (χ4v) is 4.06. The molecule has 1 aliphatic heterocycles. The highest BCUT2D eigenvalue weighted by atomic mass is 16.6. The van der Waals surface area contributed by atoms with E-state index in [0.29, 0.717) is 5.92 Å². The van der Waals surface area contributed by atoms with Gasteiger partial charge in [-0.1, -0.05) is 19.8 Å². The smallest absolute Gasteiger partial charge is 0.410 e. The Morgan fingerprint density at radius 1 is 1.22 bits per heavy atom. The second-order valence-corrected chi connectivity index (χ2v) is 8.38. The number of nitrogens with zero attached hydrogens (tertiary/aromatic N) is 1. The number of nitrogens with one attached hydrogen (secondary N) is 1. The van der Waals surface area contributed by atoms with Crippen molar-refractivity contribution in [3.63, 3.8) is 0 Å². The third kappa shape index (κ3) is 5.98. The Kier molecular flexibility index (Phi) is 6.75. The molecular formula is C19H36N2O2. The summed E-state index contributed by atoms with van der Waals surface area (Å²) in [5.74, 6) is 1.49. The van der Waals surface area contributed by atoms with E-state index in [1.165, 1.54) is 38.5 Å². The van der Waals surface area contributed by atoms with Crippen LogP contribution in [0.4, 0.5) is 4.79 Å². The molecule has 3 atom stereocenters. The van der Waals surface area contributed by atoms with Crippen LogP contribution >= 0.6 is 0 Å². The van der Waals surface area contributed by atoms with Crippen molar-refractivity contribution in [1.82, 2.24) is 10.2 Å². The quantitative estimate of drug-likeness (QED) is 0.824. The average molecular weight is 325 g/mol. The van der Waals surface area contributed by atoms with Gasteiger partial charge in [-0.05, 0) is 71.3 Å². The largest absolute Gasteiger partial charge is 0.444 e. The predicted molar refractivity (Wildman–Crippen MR) is 94.6 cm³/mol. The van der Waals surface area contributed by atoms with Gasteiger partial charge in [-0.3, -0.25) is 0 Å². The molecule has 0 spiro atoms. The predicted octanol–water partition coefficient (Wildman–Crippen LogP) is 4.19. The summed E-state index contributed by atoms with van der Waals surface area (Å²) in [6.45, 7) is 10.9. The lowest BCUT2D eigenvalue weighted by atomic mass is 9.94. The molecule has 3 unspecified atom stereocenters. The van der Waals surface area contributed by atoms with Crippen LogP contribution in [0.1, 0.15) is 72.6 Å². The van der Waals surface area contributed by atoms with Gasteiger partial charge in [-0.15, -0.1) is 0 Å². The van der Waals surface area contributed by atoms with E-state index in [1.54, 1.807) is 0 Å². The summed E-state index contributed by atoms with van der Waals surface area (Å²) in [6.07, 6.45) is 8.79. The van der Waals surface area contributed by atoms with E-state index in [9.17, 15) is 4.79 Å². The van der Waals surface area contributed by atoms with Crippen LogP contribution in [0.3, 0.4) is 0 Å². The SMILES string of the molecule is CCC1CCCC1NCCC1CCCN(C(=O)OC(C)(C)C)C1. The van der Waals surface area contributed by atoms with Crippen molar-refractivity contribution < 1.29 is 9.53 Å². The van der Waals surface area contributed by atoms with Gasteiger partial charge in [0.15, 0.2) is 0 Å². The van der Waals surface area contributed by atoms with Gasteiger partial charge >= 0.3 is 6.09 Å². The van der Waals surface area contributed by atoms with Crippen LogP contribution < -0.4 is 5.32 Å². The Morgan fingerprint density at radius 3 is 2.70 bits per heavy atom. The lowest BCUT2D eigenvalue weighted by Crippen LogP contribution is -2.43. The maximum Gasteiger partial charge on any atom is 0.410 e. The Balaban J connectivity index is 1.70. The molecule has 0 radical (unpaired) electrons. The first-order valence-electron chi connectivity index (χ1n) is 9.60. The minimum absolute atomic E-state index is 0.142. The number of carbonyl (C=O) groups is 1. The van der Waals surface area contributed by atoms with E-state index in [2.05, 4.69) is 12.2 Å². The van der Waals surface area contributed by atoms with Crippen molar-refractivity contribution in [3.05, 3.63) is 0 Å². The Bertz CT molecular complexity index is 378. The van der Waals surface area contributed by atoms with E-state index >= 15 is 0 Å². The number of amides is 1. The fourth-order valence-electron chi connectivity index (χ4n) is 4.06. The molecule has 1 saturated carbocycles. The zero-order chi connectivity index (χ0) is 16.9. The van der Waals surface area contributed by atoms with Crippen LogP contribution in [0.25, 0.3) is 0 Å². The lowest BCUT2D eigenvalue weighted by molar-refractivity contribution is 0.0161. The van der Waals surface area contributed by atoms with Crippen molar-refractivity contribution >= 4 is 6.09 Å². The van der Waals surface area contributed by atoms with Crippen molar-refractivity contribution in [3.8, 4) is 0 Å². The summed E-state index contributed by atoms with van der Waals surface area (Å²) in [6, 6.07) is 0.727. The van der Waals surface area contributed by atoms with Gasteiger partial charge in [-0.2, -0.15) is 0 Å². The van der Waals surface area contributed by atoms with E-state index in [4.69, 9.17) is 4.74 Å². The molecule has 0 bridgehead atoms. The fraction of sp³-hybridized carbons (Fsp3) is 0.947. The molecular weight excluding hydrogens is 288 g/mol. The van der Waals surface area contributed by atoms with Crippen LogP contribution in [0.2, 0.25) is 0 Å². The number of rotatable bonds is 5. The number of hydrogen-bond acceptors (Lipinski definition) is 3. The summed E-state index contributed by atoms with van der Waals surface area (Å²) in [4.78, 5) is 14.1. The maximum atomic E-state index is 12.2. The molecule has 1 N–H and O–H groups in total. The number of likely N-dealkylation sites (tertiary alicyclic amines) is 1. The zero-order valence-electron chi connectivity index (χ0n) is 15.6. The van der Waals surface area contributed by atoms with Crippen molar-refractivity contribution in [2.45, 2.75) is 84.3 Å². The maximum absolute atomic E-state index is 12.2. The normalized spacial score (nSPS) is 28.9. The van der Waals surface area contributed by atoms with E-state index in [0.717, 1.165) is 38.0 Å². The molecule has 1 heterocycles. The molecule has 1 amide bonds. The number of hydrogen-bond donors (Lipinski definition) is 1. The molecule has 2 rings (SSSR count). The molecule has 4 nitrogen and oxygen atoms in total. The summed E-state index contributed by atoms with van der Waals surface area (Å²) in [5.41, 5.74) is -0.400. The second-order valence-electron chi connectivity index (χ2n) is 8.38. The third-order valence-corrected chi connectivity index (χ3v) is 5.31. The molecule has 0 aromatic rings. The summed E-state index contributed by atoms with van der Waals surface area (Å²) < 4.78 is 5.51. The standard InChI is InChI=1S/C19H36N2O2/c1-5-16-9-6-10-17(16)20-12-11-15-8-7-13-21(14-15)18(22)23-19(2,3)4/h15-17,20H,5-14H2,1-4H3. The molecule has 4 heteroatoms. The minimum atomic E-state index is -0.400. The van der Waals surface area contributed by atoms with Crippen LogP contribution in [-0.2, 0) is 4.74 Å². The van der Waals surface area contributed by atoms with E-state index < -0.39 is 5.60 Å². The minimum Gasteiger partial charge on any atom is -0.444 e. The summed E-state index contributed by atoms with van der Waals surface area (Å²) in [5, 5.41) is 3.78. The van der Waals surface area contributed by atoms with Crippen molar-refractivity contribution in [1.29, 1.82) is 0 Å². The zero-order valence-corrected chi connectivity index (χ0v) is 15.6. The highest BCUT2D eigenvalue weighted by Crippen LogP contribution is 2.28. The first-order chi connectivity index (χ1) is 10.9. The van der Waals surface area contributed by atoms with Crippen LogP contribution in [-0.4, -0.2) is 42.3 Å². The average Bonchev–Trinajstić information content (AvgIpc) is 2.93. The van der Waals surface area contributed by atoms with Gasteiger partial charge in [0.1, 0.15) is 5.60 Å². The number of ether oxygens (including phenoxy) is 1. The second kappa shape index (κ2) is 8.36. The van der Waals surface area contributed by atoms with Gasteiger partial charge in [0, 0.05) is 19.1 Å². The third-order valence-electron chi connectivity index (χ3n) is 5.31. The Labute approximate surface area is 142 Å². The molecule has 0 aromatic heterocycles. The van der Waals surface area contributed by atoms with Gasteiger partial charge in [0.05, 0.1) is 0 Å². The summed E-state index contributed by atoms with van der Waals surface area (Å²) >= 11 is 0. The first kappa shape index (κ1) is 18.6. The highest BCUT2D eigenvalue weighted by molar-refractivity contribution is 5.68. The van der Waals surface area contributed by atoms with Crippen molar-refractivity contribution in [2.24, 2.45) is 11.8 Å². The molecule has 1 saturated heterocycles. The molecule has 2 fully saturated rings. The van der Waals surface area contributed by atoms with E-state index in [1.807, 2.05) is 25.7 Å². The number of carbonyl (C=O) groups excluding carboxylic acids is 1. The van der Waals surface area contributed by atoms with Crippen LogP contribution in [0, 0.1) is 11.8 Å². The monoisotopic (exact) mass is 324 g/mol. The molecule has 23 heavy (non-hydrogen) atoms. The van der Waals surface area contributed by atoms with E-state index in [-0.39, 0.29) is 6.09 Å². The Morgan fingerprint density at radius 2 is 2.00 bits per heavy atom. The number of piperidine rings is 1. The topological polar surface area (TPSA) is 41.6 Å². The molecule has 1 aliphatic carbocycles. The van der Waals surface area contributed by atoms with Gasteiger partial charge < -0.3 is 15.0 Å². The molecule has 134 valence electrons. The van der Waals surface area contributed by atoms with Gasteiger partial charge in [-0.25, -0.2) is 4.79 Å². The highest BCUT2D eigenvalue weighted by Gasteiger charge is 2.28. The van der Waals surface area contributed by atoms with Crippen molar-refractivity contribution in [2.75, 3.05) is 19.6 Å². The Hall–Kier alpha value is -0.770. The molecule has 2 aliphatic rings. The van der Waals surface area contributed by atoms with Crippen LogP contribution in [0.5, 0.6) is 0 Å². The molecule has 0 aromatic carbocycles. The van der Waals surface area contributed by atoms with Gasteiger partial charge in [0.2, 0.25) is 0 Å². The first-order valence-corrected chi connectivity index (χ1v) is 9.60.